The van der Waals surface area contributed by atoms with E-state index in [0.717, 1.165) is 0 Å². The van der Waals surface area contributed by atoms with Gasteiger partial charge in [0.1, 0.15) is 0 Å². The molecule has 0 fully saturated rings. The second-order valence-corrected chi connectivity index (χ2v) is 30.7. The zero-order chi connectivity index (χ0) is 11.8. The van der Waals surface area contributed by atoms with Crippen molar-refractivity contribution in [3.05, 3.63) is 0 Å². The average Bonchev–Trinajstić information content (AvgIpc) is 2.07. The quantitative estimate of drug-likeness (QED) is 0.435. The fraction of sp³-hybridized carbons (Fsp3) is 1.00. The summed E-state index contributed by atoms with van der Waals surface area (Å²) < 4.78 is 1.28. The second kappa shape index (κ2) is 14.5. The zero-order valence-electron chi connectivity index (χ0n) is 10.0. The Bertz CT molecular complexity index is 113. The van der Waals surface area contributed by atoms with Crippen LogP contribution in [0.2, 0.25) is 0 Å². The molecule has 0 rings (SSSR count). The summed E-state index contributed by atoms with van der Waals surface area (Å²) in [5.41, 5.74) is 20.2. The molecule has 8 heteroatoms. The van der Waals surface area contributed by atoms with E-state index >= 15 is 0 Å². The third kappa shape index (κ3) is 19.4. The van der Waals surface area contributed by atoms with Gasteiger partial charge in [-0.25, -0.2) is 0 Å². The number of quaternary nitrogens is 1. The van der Waals surface area contributed by atoms with Gasteiger partial charge >= 0.3 is 49.5 Å². The second-order valence-electron chi connectivity index (χ2n) is 3.04. The number of hydrogen-bond donors (Lipinski definition) is 0. The minimum atomic E-state index is -3.39. The predicted molar refractivity (Wildman–Crippen MR) is 65.8 cm³/mol. The number of rotatable bonds is 4. The minimum absolute atomic E-state index is 0. The monoisotopic (exact) mass is 480 g/mol. The van der Waals surface area contributed by atoms with Crippen molar-refractivity contribution < 1.29 is 56.3 Å². The van der Waals surface area contributed by atoms with Gasteiger partial charge in [-0.15, -0.1) is 0 Å². The van der Waals surface area contributed by atoms with Gasteiger partial charge in [0.25, 0.3) is 0 Å². The first-order valence-electron chi connectivity index (χ1n) is 4.85. The summed E-state index contributed by atoms with van der Waals surface area (Å²) in [6.07, 6.45) is 0. The van der Waals surface area contributed by atoms with Crippen LogP contribution in [0.25, 0.3) is 0 Å². The van der Waals surface area contributed by atoms with E-state index in [1.807, 2.05) is 0 Å². The van der Waals surface area contributed by atoms with Gasteiger partial charge < -0.3 is 29.3 Å². The molecule has 0 aromatic heterocycles. The van der Waals surface area contributed by atoms with E-state index in [2.05, 4.69) is 27.7 Å². The van der Waals surface area contributed by atoms with Crippen LogP contribution in [0.4, 0.5) is 0 Å². The van der Waals surface area contributed by atoms with Crippen LogP contribution >= 0.6 is 22.5 Å². The zero-order valence-corrected chi connectivity index (χ0v) is 17.7. The Hall–Kier alpha value is 3.08. The topological polar surface area (TPSA) is 0 Å². The molecule has 104 valence electrons. The molecular weight excluding hydrogens is 463 g/mol. The van der Waals surface area contributed by atoms with Crippen molar-refractivity contribution in [2.75, 3.05) is 26.2 Å². The summed E-state index contributed by atoms with van der Waals surface area (Å²) in [6.45, 7) is 14.2. The molecule has 16 heavy (non-hydrogen) atoms. The van der Waals surface area contributed by atoms with Gasteiger partial charge in [0.15, 0.2) is 0 Å². The van der Waals surface area contributed by atoms with E-state index in [-0.39, 0.29) is 24.8 Å². The maximum absolute atomic E-state index is 5.05. The Morgan fingerprint density at radius 1 is 0.688 bits per heavy atom. The van der Waals surface area contributed by atoms with Crippen LogP contribution in [0.15, 0.2) is 0 Å². The summed E-state index contributed by atoms with van der Waals surface area (Å²) in [6, 6.07) is 0. The van der Waals surface area contributed by atoms with Crippen LogP contribution in [0, 0.1) is 27.0 Å². The Morgan fingerprint density at radius 3 is 0.812 bits per heavy atom. The summed E-state index contributed by atoms with van der Waals surface area (Å²) in [7, 11) is 0. The van der Waals surface area contributed by atoms with Crippen LogP contribution in [0.1, 0.15) is 27.7 Å². The fourth-order valence-electron chi connectivity index (χ4n) is 1.34. The first-order valence-corrected chi connectivity index (χ1v) is 20.6. The van der Waals surface area contributed by atoms with Gasteiger partial charge in [-0.05, 0) is 27.7 Å². The van der Waals surface area contributed by atoms with Crippen LogP contribution < -0.4 is 24.8 Å². The molecule has 0 atom stereocenters. The molecule has 0 bridgehead atoms. The Balaban J connectivity index is -0.0000000904. The first kappa shape index (κ1) is 27.4. The van der Waals surface area contributed by atoms with Gasteiger partial charge in [-0.1, -0.05) is 0 Å². The average molecular weight is 483 g/mol. The molecule has 0 aromatic rings. The predicted octanol–water partition coefficient (Wildman–Crippen LogP) is -1.35. The molecule has 0 heterocycles. The Labute approximate surface area is 130 Å². The maximum atomic E-state index is 5.05. The van der Waals surface area contributed by atoms with E-state index < -0.39 is 27.0 Å². The molecule has 0 aliphatic rings. The normalized spacial score (nSPS) is 10.5. The van der Waals surface area contributed by atoms with E-state index in [1.54, 1.807) is 0 Å². The Kier molecular flexibility index (Phi) is 24.8. The van der Waals surface area contributed by atoms with Gasteiger partial charge in [0.05, 0.1) is 26.2 Å². The molecule has 0 N–H and O–H groups in total. The van der Waals surface area contributed by atoms with E-state index in [1.165, 1.54) is 30.7 Å². The van der Waals surface area contributed by atoms with Crippen LogP contribution in [-0.4, -0.2) is 30.7 Å². The van der Waals surface area contributed by atoms with Crippen molar-refractivity contribution in [2.45, 2.75) is 27.7 Å². The number of hydrogen-bond acceptors (Lipinski definition) is 0. The molecular formula is C8H20CeCl6N-. The van der Waals surface area contributed by atoms with Gasteiger partial charge in [-0.3, -0.25) is 0 Å². The van der Waals surface area contributed by atoms with Crippen molar-refractivity contribution in [3.63, 3.8) is 0 Å². The molecule has 0 aliphatic carbocycles. The van der Waals surface area contributed by atoms with E-state index in [0.29, 0.717) is 0 Å². The number of nitrogens with zero attached hydrogens (tertiary/aromatic N) is 1. The summed E-state index contributed by atoms with van der Waals surface area (Å²) in [4.78, 5) is 0. The molecule has 1 nitrogen and oxygen atoms in total. The summed E-state index contributed by atoms with van der Waals surface area (Å²) >= 11 is -3.39. The molecule has 0 aliphatic heterocycles. The summed E-state index contributed by atoms with van der Waals surface area (Å²) in [5, 5.41) is 0. The fourth-order valence-corrected chi connectivity index (χ4v) is 1.34. The molecule has 0 amide bonds. The Morgan fingerprint density at radius 2 is 0.812 bits per heavy atom. The third-order valence-corrected chi connectivity index (χ3v) is 2.68. The first-order chi connectivity index (χ1) is 6.24. The van der Waals surface area contributed by atoms with Crippen LogP contribution in [0.3, 0.4) is 0 Å². The summed E-state index contributed by atoms with van der Waals surface area (Å²) in [5.74, 6) is 0. The van der Waals surface area contributed by atoms with Crippen LogP contribution in [-0.2, 0) is 0 Å². The van der Waals surface area contributed by atoms with E-state index in [9.17, 15) is 0 Å². The van der Waals surface area contributed by atoms with Gasteiger partial charge in [-0.2, -0.15) is 0 Å². The van der Waals surface area contributed by atoms with Gasteiger partial charge in [0, 0.05) is 0 Å². The molecule has 0 spiro atoms. The van der Waals surface area contributed by atoms with Crippen molar-refractivity contribution in [1.82, 2.24) is 0 Å². The standard InChI is InChI=1S/C8H20N.Ce.6ClH/c1-5-9(6-2,7-3)8-4;;;;;;;/h5-8H2,1-4H3;;6*1H/q+1;+4;;;;;;/p-6. The molecule has 0 saturated heterocycles. The van der Waals surface area contributed by atoms with Gasteiger partial charge in [0.2, 0.25) is 0 Å². The van der Waals surface area contributed by atoms with Crippen molar-refractivity contribution >= 4 is 22.5 Å². The molecule has 0 aromatic carbocycles. The van der Waals surface area contributed by atoms with Crippen molar-refractivity contribution in [1.29, 1.82) is 0 Å². The molecule has 0 saturated carbocycles. The van der Waals surface area contributed by atoms with Crippen molar-refractivity contribution in [2.24, 2.45) is 0 Å². The SMILES string of the molecule is CC[N+](CC)(CC)CC.[Cl-].[Cl-].[Cl][Ce]([Cl])([Cl])[Cl]. The number of halogens is 6. The molecule has 0 unspecified atom stereocenters. The third-order valence-electron chi connectivity index (χ3n) is 2.68. The van der Waals surface area contributed by atoms with Crippen LogP contribution in [0.5, 0.6) is 0 Å². The molecule has 0 radical (unpaired) electrons. The van der Waals surface area contributed by atoms with E-state index in [4.69, 9.17) is 22.5 Å². The van der Waals surface area contributed by atoms with Crippen molar-refractivity contribution in [3.8, 4) is 0 Å².